The SMILES string of the molecule is CCCCCCCCN(CCCCCCCC)c1[nH]n(-c2ccc(C)cc2)c(=O)c1C=O. The predicted octanol–water partition coefficient (Wildman–Crippen LogP) is 6.81. The van der Waals surface area contributed by atoms with Gasteiger partial charge in [-0.1, -0.05) is 95.8 Å². The Morgan fingerprint density at radius 3 is 1.81 bits per heavy atom. The number of anilines is 1. The topological polar surface area (TPSA) is 58.1 Å². The molecular formula is C27H43N3O2. The van der Waals surface area contributed by atoms with Gasteiger partial charge in [-0.05, 0) is 31.9 Å². The van der Waals surface area contributed by atoms with E-state index >= 15 is 0 Å². The number of H-pyrrole nitrogens is 1. The van der Waals surface area contributed by atoms with E-state index in [0.717, 1.165) is 37.2 Å². The Morgan fingerprint density at radius 2 is 1.31 bits per heavy atom. The van der Waals surface area contributed by atoms with Gasteiger partial charge in [0.2, 0.25) is 0 Å². The molecule has 178 valence electrons. The van der Waals surface area contributed by atoms with E-state index in [1.165, 1.54) is 68.9 Å². The molecule has 0 saturated carbocycles. The minimum atomic E-state index is -0.269. The molecule has 1 N–H and O–H groups in total. The largest absolute Gasteiger partial charge is 0.356 e. The van der Waals surface area contributed by atoms with Crippen molar-refractivity contribution < 1.29 is 4.79 Å². The summed E-state index contributed by atoms with van der Waals surface area (Å²) in [4.78, 5) is 27.1. The van der Waals surface area contributed by atoms with Gasteiger partial charge in [-0.2, -0.15) is 0 Å². The first-order valence-corrected chi connectivity index (χ1v) is 12.7. The Balaban J connectivity index is 2.14. The fourth-order valence-corrected chi connectivity index (χ4v) is 4.16. The first kappa shape index (κ1) is 26.0. The predicted molar refractivity (Wildman–Crippen MR) is 135 cm³/mol. The van der Waals surface area contributed by atoms with E-state index in [9.17, 15) is 9.59 Å². The van der Waals surface area contributed by atoms with Crippen molar-refractivity contribution in [3.05, 3.63) is 45.7 Å². The monoisotopic (exact) mass is 441 g/mol. The molecule has 0 bridgehead atoms. The van der Waals surface area contributed by atoms with Crippen LogP contribution in [0.3, 0.4) is 0 Å². The highest BCUT2D eigenvalue weighted by Crippen LogP contribution is 2.19. The maximum absolute atomic E-state index is 13.0. The van der Waals surface area contributed by atoms with Gasteiger partial charge in [-0.15, -0.1) is 0 Å². The van der Waals surface area contributed by atoms with Crippen molar-refractivity contribution in [1.82, 2.24) is 9.78 Å². The van der Waals surface area contributed by atoms with Gasteiger partial charge in [0.15, 0.2) is 6.29 Å². The Labute approximate surface area is 194 Å². The molecule has 2 rings (SSSR count). The van der Waals surface area contributed by atoms with Crippen molar-refractivity contribution in [1.29, 1.82) is 0 Å². The molecule has 5 heteroatoms. The van der Waals surface area contributed by atoms with Crippen LogP contribution >= 0.6 is 0 Å². The molecule has 2 aromatic rings. The summed E-state index contributed by atoms with van der Waals surface area (Å²) in [5.41, 5.74) is 1.86. The van der Waals surface area contributed by atoms with Crippen LogP contribution in [0.1, 0.15) is 107 Å². The highest BCUT2D eigenvalue weighted by atomic mass is 16.1. The minimum absolute atomic E-state index is 0.238. The third kappa shape index (κ3) is 7.99. The van der Waals surface area contributed by atoms with E-state index < -0.39 is 0 Å². The molecule has 0 amide bonds. The lowest BCUT2D eigenvalue weighted by Gasteiger charge is -2.24. The number of nitrogens with one attached hydrogen (secondary N) is 1. The fraction of sp³-hybridized carbons (Fsp3) is 0.630. The molecule has 0 atom stereocenters. The third-order valence-electron chi connectivity index (χ3n) is 6.20. The molecule has 5 nitrogen and oxygen atoms in total. The molecule has 0 unspecified atom stereocenters. The summed E-state index contributed by atoms with van der Waals surface area (Å²) in [6.45, 7) is 8.23. The molecule has 0 aliphatic rings. The number of carbonyl (C=O) groups is 1. The van der Waals surface area contributed by atoms with Crippen LogP contribution in [0.15, 0.2) is 29.1 Å². The number of aldehydes is 1. The van der Waals surface area contributed by atoms with Gasteiger partial charge in [-0.3, -0.25) is 14.7 Å². The highest BCUT2D eigenvalue weighted by Gasteiger charge is 2.19. The van der Waals surface area contributed by atoms with Crippen LogP contribution in [0.5, 0.6) is 0 Å². The molecule has 0 fully saturated rings. The van der Waals surface area contributed by atoms with Crippen molar-refractivity contribution >= 4 is 12.1 Å². The first-order chi connectivity index (χ1) is 15.6. The van der Waals surface area contributed by atoms with E-state index in [-0.39, 0.29) is 11.1 Å². The minimum Gasteiger partial charge on any atom is -0.356 e. The van der Waals surface area contributed by atoms with E-state index in [4.69, 9.17) is 0 Å². The number of rotatable bonds is 17. The van der Waals surface area contributed by atoms with Crippen LogP contribution in [-0.4, -0.2) is 29.2 Å². The number of unbranched alkanes of at least 4 members (excludes halogenated alkanes) is 10. The Hall–Kier alpha value is -2.30. The molecule has 0 aliphatic heterocycles. The van der Waals surface area contributed by atoms with Crippen LogP contribution in [0.4, 0.5) is 5.82 Å². The van der Waals surface area contributed by atoms with Crippen LogP contribution in [-0.2, 0) is 0 Å². The molecule has 0 spiro atoms. The Kier molecular flexibility index (Phi) is 11.9. The number of hydrogen-bond donors (Lipinski definition) is 1. The lowest BCUT2D eigenvalue weighted by molar-refractivity contribution is 0.112. The van der Waals surface area contributed by atoms with E-state index in [1.807, 2.05) is 31.2 Å². The molecule has 1 heterocycles. The molecule has 0 saturated heterocycles. The van der Waals surface area contributed by atoms with Gasteiger partial charge in [0.05, 0.1) is 5.69 Å². The second-order valence-corrected chi connectivity index (χ2v) is 8.99. The molecule has 32 heavy (non-hydrogen) atoms. The summed E-state index contributed by atoms with van der Waals surface area (Å²) in [6, 6.07) is 7.79. The summed E-state index contributed by atoms with van der Waals surface area (Å²) in [7, 11) is 0. The summed E-state index contributed by atoms with van der Waals surface area (Å²) < 4.78 is 1.51. The lowest BCUT2D eigenvalue weighted by Crippen LogP contribution is -2.27. The Morgan fingerprint density at radius 1 is 0.812 bits per heavy atom. The number of aromatic nitrogens is 2. The van der Waals surface area contributed by atoms with Crippen LogP contribution in [0.2, 0.25) is 0 Å². The van der Waals surface area contributed by atoms with Crippen molar-refractivity contribution in [3.8, 4) is 5.69 Å². The lowest BCUT2D eigenvalue weighted by atomic mass is 10.1. The Bertz CT molecular complexity index is 820. The number of hydrogen-bond acceptors (Lipinski definition) is 3. The standard InChI is InChI=1S/C27H43N3O2/c1-4-6-8-10-12-14-20-29(21-15-13-11-9-7-5-2)26-25(22-31)27(32)30(28-26)24-18-16-23(3)17-19-24/h16-19,22,28H,4-15,20-21H2,1-3H3. The number of nitrogens with zero attached hydrogens (tertiary/aromatic N) is 2. The van der Waals surface area contributed by atoms with Gasteiger partial charge in [0.25, 0.3) is 5.56 Å². The zero-order chi connectivity index (χ0) is 23.2. The fourth-order valence-electron chi connectivity index (χ4n) is 4.16. The van der Waals surface area contributed by atoms with Gasteiger partial charge in [0, 0.05) is 13.1 Å². The summed E-state index contributed by atoms with van der Waals surface area (Å²) >= 11 is 0. The summed E-state index contributed by atoms with van der Waals surface area (Å²) in [5.74, 6) is 0.674. The van der Waals surface area contributed by atoms with Crippen LogP contribution in [0, 0.1) is 6.92 Å². The molecule has 1 aromatic heterocycles. The molecule has 0 aliphatic carbocycles. The zero-order valence-electron chi connectivity index (χ0n) is 20.5. The van der Waals surface area contributed by atoms with E-state index in [1.54, 1.807) is 0 Å². The van der Waals surface area contributed by atoms with Crippen molar-refractivity contribution in [3.63, 3.8) is 0 Å². The van der Waals surface area contributed by atoms with E-state index in [0.29, 0.717) is 12.1 Å². The number of aromatic amines is 1. The average Bonchev–Trinajstić information content (AvgIpc) is 3.13. The number of benzene rings is 1. The second-order valence-electron chi connectivity index (χ2n) is 8.99. The maximum atomic E-state index is 13.0. The van der Waals surface area contributed by atoms with Crippen molar-refractivity contribution in [2.24, 2.45) is 0 Å². The maximum Gasteiger partial charge on any atom is 0.284 e. The van der Waals surface area contributed by atoms with Gasteiger partial charge < -0.3 is 4.90 Å². The smallest absolute Gasteiger partial charge is 0.284 e. The average molecular weight is 442 g/mol. The van der Waals surface area contributed by atoms with E-state index in [2.05, 4.69) is 23.8 Å². The molecular weight excluding hydrogens is 398 g/mol. The highest BCUT2D eigenvalue weighted by molar-refractivity contribution is 5.82. The summed E-state index contributed by atoms with van der Waals surface area (Å²) in [5, 5.41) is 3.26. The second kappa shape index (κ2) is 14.7. The molecule has 1 aromatic carbocycles. The third-order valence-corrected chi connectivity index (χ3v) is 6.20. The quantitative estimate of drug-likeness (QED) is 0.217. The van der Waals surface area contributed by atoms with Crippen LogP contribution < -0.4 is 10.5 Å². The number of aryl methyl sites for hydroxylation is 1. The van der Waals surface area contributed by atoms with Gasteiger partial charge in [-0.25, -0.2) is 4.68 Å². The number of carbonyl (C=O) groups excluding carboxylic acids is 1. The first-order valence-electron chi connectivity index (χ1n) is 12.7. The van der Waals surface area contributed by atoms with Gasteiger partial charge in [0.1, 0.15) is 11.4 Å². The van der Waals surface area contributed by atoms with Crippen molar-refractivity contribution in [2.75, 3.05) is 18.0 Å². The van der Waals surface area contributed by atoms with Crippen LogP contribution in [0.25, 0.3) is 5.69 Å². The van der Waals surface area contributed by atoms with Crippen molar-refractivity contribution in [2.45, 2.75) is 97.8 Å². The normalized spacial score (nSPS) is 11.1. The zero-order valence-corrected chi connectivity index (χ0v) is 20.5. The molecule has 0 radical (unpaired) electrons. The van der Waals surface area contributed by atoms with Gasteiger partial charge >= 0.3 is 0 Å². The summed E-state index contributed by atoms with van der Waals surface area (Å²) in [6.07, 6.45) is 15.4.